The van der Waals surface area contributed by atoms with Crippen molar-refractivity contribution in [2.45, 2.75) is 0 Å². The van der Waals surface area contributed by atoms with Crippen molar-refractivity contribution in [1.82, 2.24) is 5.32 Å². The van der Waals surface area contributed by atoms with Gasteiger partial charge in [0.1, 0.15) is 17.1 Å². The molecular weight excluding hydrogens is 456 g/mol. The summed E-state index contributed by atoms with van der Waals surface area (Å²) in [6.07, 6.45) is 1.58. The maximum absolute atomic E-state index is 13.3. The third-order valence-electron chi connectivity index (χ3n) is 5.50. The number of ether oxygens (including phenoxy) is 1. The van der Waals surface area contributed by atoms with Gasteiger partial charge < -0.3 is 4.74 Å². The van der Waals surface area contributed by atoms with Crippen LogP contribution in [0.1, 0.15) is 5.56 Å². The highest BCUT2D eigenvalue weighted by Gasteiger charge is 2.34. The molecule has 0 atom stereocenters. The molecule has 1 N–H and O–H groups in total. The van der Waals surface area contributed by atoms with Crippen LogP contribution in [0.5, 0.6) is 11.5 Å². The number of hydrogen-bond donors (Lipinski definition) is 1. The summed E-state index contributed by atoms with van der Waals surface area (Å²) in [5.41, 5.74) is 3.42. The van der Waals surface area contributed by atoms with Gasteiger partial charge in [0.15, 0.2) is 5.11 Å². The molecule has 0 radical (unpaired) electrons. The number of anilines is 1. The van der Waals surface area contributed by atoms with Crippen LogP contribution in [0.15, 0.2) is 115 Å². The lowest BCUT2D eigenvalue weighted by Gasteiger charge is -2.29. The first-order chi connectivity index (χ1) is 17.1. The normalized spacial score (nSPS) is 14.7. The summed E-state index contributed by atoms with van der Waals surface area (Å²) in [6.45, 7) is 0. The molecular formula is C29H20N2O3S. The van der Waals surface area contributed by atoms with Crippen LogP contribution in [0.4, 0.5) is 5.69 Å². The first kappa shape index (κ1) is 22.3. The van der Waals surface area contributed by atoms with Crippen molar-refractivity contribution in [3.63, 3.8) is 0 Å². The molecule has 0 aliphatic carbocycles. The Morgan fingerprint density at radius 3 is 1.91 bits per heavy atom. The summed E-state index contributed by atoms with van der Waals surface area (Å²) >= 11 is 5.30. The lowest BCUT2D eigenvalue weighted by molar-refractivity contribution is -0.122. The van der Waals surface area contributed by atoms with E-state index in [2.05, 4.69) is 5.32 Å². The number of thiocarbonyl (C=S) groups is 1. The van der Waals surface area contributed by atoms with Crippen molar-refractivity contribution in [3.8, 4) is 22.6 Å². The molecule has 2 amide bonds. The van der Waals surface area contributed by atoms with Crippen LogP contribution in [-0.4, -0.2) is 16.9 Å². The highest BCUT2D eigenvalue weighted by Crippen LogP contribution is 2.27. The molecule has 35 heavy (non-hydrogen) atoms. The van der Waals surface area contributed by atoms with Crippen molar-refractivity contribution in [2.75, 3.05) is 4.90 Å². The predicted octanol–water partition coefficient (Wildman–Crippen LogP) is 5.98. The van der Waals surface area contributed by atoms with Gasteiger partial charge in [-0.3, -0.25) is 19.8 Å². The zero-order chi connectivity index (χ0) is 24.2. The first-order valence-corrected chi connectivity index (χ1v) is 11.4. The van der Waals surface area contributed by atoms with Gasteiger partial charge in [0.05, 0.1) is 5.69 Å². The number of amides is 2. The average molecular weight is 477 g/mol. The Bertz CT molecular complexity index is 1410. The maximum Gasteiger partial charge on any atom is 0.270 e. The van der Waals surface area contributed by atoms with Crippen LogP contribution in [0, 0.1) is 0 Å². The van der Waals surface area contributed by atoms with Gasteiger partial charge in [-0.1, -0.05) is 72.8 Å². The lowest BCUT2D eigenvalue weighted by Crippen LogP contribution is -2.54. The quantitative estimate of drug-likeness (QED) is 0.219. The van der Waals surface area contributed by atoms with Crippen LogP contribution in [-0.2, 0) is 9.59 Å². The smallest absolute Gasteiger partial charge is 0.270 e. The predicted molar refractivity (Wildman–Crippen MR) is 141 cm³/mol. The van der Waals surface area contributed by atoms with Crippen LogP contribution in [0.2, 0.25) is 0 Å². The standard InChI is InChI=1S/C29H20N2O3S/c32-27-26(19-20-11-13-22(14-12-20)21-7-3-1-4-8-21)28(33)31(29(35)30-27)23-15-17-25(18-16-23)34-24-9-5-2-6-10-24/h1-19H,(H,30,32,35). The molecule has 0 saturated carbocycles. The second-order valence-electron chi connectivity index (χ2n) is 7.85. The zero-order valence-corrected chi connectivity index (χ0v) is 19.4. The summed E-state index contributed by atoms with van der Waals surface area (Å²) in [7, 11) is 0. The number of hydrogen-bond acceptors (Lipinski definition) is 4. The van der Waals surface area contributed by atoms with Crippen LogP contribution < -0.4 is 15.0 Å². The van der Waals surface area contributed by atoms with Gasteiger partial charge in [-0.2, -0.15) is 0 Å². The zero-order valence-electron chi connectivity index (χ0n) is 18.5. The Morgan fingerprint density at radius 2 is 1.26 bits per heavy atom. The topological polar surface area (TPSA) is 58.6 Å². The molecule has 1 aliphatic heterocycles. The van der Waals surface area contributed by atoms with E-state index in [0.717, 1.165) is 16.7 Å². The van der Waals surface area contributed by atoms with Crippen LogP contribution in [0.3, 0.4) is 0 Å². The van der Waals surface area contributed by atoms with Crippen molar-refractivity contribution in [2.24, 2.45) is 0 Å². The highest BCUT2D eigenvalue weighted by atomic mass is 32.1. The molecule has 1 aliphatic rings. The Labute approximate surface area is 208 Å². The Hall–Kier alpha value is -4.55. The second-order valence-corrected chi connectivity index (χ2v) is 8.24. The minimum Gasteiger partial charge on any atom is -0.457 e. The van der Waals surface area contributed by atoms with E-state index in [4.69, 9.17) is 17.0 Å². The van der Waals surface area contributed by atoms with Crippen molar-refractivity contribution < 1.29 is 14.3 Å². The van der Waals surface area contributed by atoms with Crippen LogP contribution >= 0.6 is 12.2 Å². The Morgan fingerprint density at radius 1 is 0.686 bits per heavy atom. The van der Waals surface area contributed by atoms with E-state index < -0.39 is 11.8 Å². The molecule has 5 nitrogen and oxygen atoms in total. The van der Waals surface area contributed by atoms with E-state index in [1.165, 1.54) is 4.90 Å². The Balaban J connectivity index is 1.38. The summed E-state index contributed by atoms with van der Waals surface area (Å²) in [4.78, 5) is 27.2. The third-order valence-corrected chi connectivity index (χ3v) is 5.79. The number of nitrogens with zero attached hydrogens (tertiary/aromatic N) is 1. The molecule has 0 aromatic heterocycles. The molecule has 4 aromatic rings. The second kappa shape index (κ2) is 9.75. The fraction of sp³-hybridized carbons (Fsp3) is 0. The molecule has 0 bridgehead atoms. The van der Waals surface area contributed by atoms with E-state index >= 15 is 0 Å². The van der Waals surface area contributed by atoms with Crippen molar-refractivity contribution >= 4 is 40.9 Å². The summed E-state index contributed by atoms with van der Waals surface area (Å²) < 4.78 is 5.82. The summed E-state index contributed by atoms with van der Waals surface area (Å²) in [5, 5.41) is 2.65. The molecule has 1 fully saturated rings. The van der Waals surface area contributed by atoms with E-state index in [9.17, 15) is 9.59 Å². The molecule has 170 valence electrons. The molecule has 6 heteroatoms. The summed E-state index contributed by atoms with van der Waals surface area (Å²) in [6, 6.07) is 34.0. The van der Waals surface area contributed by atoms with Crippen molar-refractivity contribution in [3.05, 3.63) is 120 Å². The first-order valence-electron chi connectivity index (χ1n) is 11.0. The number of rotatable bonds is 5. The van der Waals surface area contributed by atoms with Gasteiger partial charge in [-0.25, -0.2) is 0 Å². The number of carbonyl (C=O) groups excluding carboxylic acids is 2. The molecule has 0 spiro atoms. The molecule has 5 rings (SSSR count). The maximum atomic E-state index is 13.3. The fourth-order valence-electron chi connectivity index (χ4n) is 3.75. The number of para-hydroxylation sites is 1. The fourth-order valence-corrected chi connectivity index (χ4v) is 4.03. The Kier molecular flexibility index (Phi) is 6.20. The highest BCUT2D eigenvalue weighted by molar-refractivity contribution is 7.80. The summed E-state index contributed by atoms with van der Waals surface area (Å²) in [5.74, 6) is 0.323. The van der Waals surface area contributed by atoms with Gasteiger partial charge in [0, 0.05) is 0 Å². The van der Waals surface area contributed by atoms with E-state index in [0.29, 0.717) is 17.2 Å². The van der Waals surface area contributed by atoms with Gasteiger partial charge in [0.25, 0.3) is 11.8 Å². The van der Waals surface area contributed by atoms with Gasteiger partial charge >= 0.3 is 0 Å². The molecule has 4 aromatic carbocycles. The van der Waals surface area contributed by atoms with Crippen LogP contribution in [0.25, 0.3) is 17.2 Å². The van der Waals surface area contributed by atoms with E-state index in [-0.39, 0.29) is 10.7 Å². The number of carbonyl (C=O) groups is 2. The average Bonchev–Trinajstić information content (AvgIpc) is 2.89. The van der Waals surface area contributed by atoms with Gasteiger partial charge in [-0.05, 0) is 71.4 Å². The van der Waals surface area contributed by atoms with Gasteiger partial charge in [0.2, 0.25) is 0 Å². The minimum absolute atomic E-state index is 0.00988. The van der Waals surface area contributed by atoms with Gasteiger partial charge in [-0.15, -0.1) is 0 Å². The van der Waals surface area contributed by atoms with Crippen molar-refractivity contribution in [1.29, 1.82) is 0 Å². The minimum atomic E-state index is -0.521. The number of nitrogens with one attached hydrogen (secondary N) is 1. The largest absolute Gasteiger partial charge is 0.457 e. The molecule has 0 unspecified atom stereocenters. The SMILES string of the molecule is O=C1NC(=S)N(c2ccc(Oc3ccccc3)cc2)C(=O)C1=Cc1ccc(-c2ccccc2)cc1. The van der Waals surface area contributed by atoms with E-state index in [1.54, 1.807) is 30.3 Å². The third kappa shape index (κ3) is 4.88. The van der Waals surface area contributed by atoms with E-state index in [1.807, 2.05) is 84.9 Å². The molecule has 1 heterocycles. The monoisotopic (exact) mass is 476 g/mol. The molecule has 1 saturated heterocycles. The lowest BCUT2D eigenvalue weighted by atomic mass is 10.0. The number of benzene rings is 4.